The normalized spacial score (nSPS) is 21.4. The zero-order chi connectivity index (χ0) is 11.4. The lowest BCUT2D eigenvalue weighted by Crippen LogP contribution is -2.39. The molecular formula is C13H19NO2. The minimum atomic E-state index is 0.140. The lowest BCUT2D eigenvalue weighted by atomic mass is 9.98. The third-order valence-corrected chi connectivity index (χ3v) is 3.34. The highest BCUT2D eigenvalue weighted by atomic mass is 16.5. The minimum absolute atomic E-state index is 0.140. The lowest BCUT2D eigenvalue weighted by molar-refractivity contribution is -0.138. The van der Waals surface area contributed by atoms with E-state index in [1.807, 2.05) is 4.90 Å². The molecule has 0 atom stereocenters. The van der Waals surface area contributed by atoms with Crippen molar-refractivity contribution >= 4 is 5.91 Å². The van der Waals surface area contributed by atoms with Crippen LogP contribution in [0.3, 0.4) is 0 Å². The Morgan fingerprint density at radius 3 is 2.56 bits per heavy atom. The SMILES string of the molecule is C#CCN(CC1CC1)C(=O)C1CCOCC1. The second-order valence-corrected chi connectivity index (χ2v) is 4.75. The van der Waals surface area contributed by atoms with E-state index >= 15 is 0 Å². The van der Waals surface area contributed by atoms with Crippen LogP contribution >= 0.6 is 0 Å². The second kappa shape index (κ2) is 5.36. The van der Waals surface area contributed by atoms with E-state index in [-0.39, 0.29) is 11.8 Å². The molecule has 88 valence electrons. The van der Waals surface area contributed by atoms with Gasteiger partial charge >= 0.3 is 0 Å². The molecule has 1 aliphatic carbocycles. The quantitative estimate of drug-likeness (QED) is 0.669. The number of ether oxygens (including phenoxy) is 1. The Morgan fingerprint density at radius 2 is 2.00 bits per heavy atom. The first kappa shape index (κ1) is 11.5. The van der Waals surface area contributed by atoms with Crippen molar-refractivity contribution in [3.05, 3.63) is 0 Å². The molecule has 2 rings (SSSR count). The maximum atomic E-state index is 12.2. The van der Waals surface area contributed by atoms with Crippen molar-refractivity contribution in [2.45, 2.75) is 25.7 Å². The average molecular weight is 221 g/mol. The van der Waals surface area contributed by atoms with Crippen molar-refractivity contribution in [1.82, 2.24) is 4.90 Å². The summed E-state index contributed by atoms with van der Waals surface area (Å²) < 4.78 is 5.27. The first-order valence-corrected chi connectivity index (χ1v) is 6.11. The van der Waals surface area contributed by atoms with Crippen molar-refractivity contribution < 1.29 is 9.53 Å². The highest BCUT2D eigenvalue weighted by Crippen LogP contribution is 2.30. The van der Waals surface area contributed by atoms with Gasteiger partial charge in [-0.05, 0) is 31.6 Å². The highest BCUT2D eigenvalue weighted by molar-refractivity contribution is 5.79. The monoisotopic (exact) mass is 221 g/mol. The maximum absolute atomic E-state index is 12.2. The van der Waals surface area contributed by atoms with Crippen LogP contribution in [0.25, 0.3) is 0 Å². The average Bonchev–Trinajstić information content (AvgIpc) is 3.13. The molecule has 1 heterocycles. The molecule has 0 aromatic rings. The maximum Gasteiger partial charge on any atom is 0.226 e. The molecule has 1 saturated carbocycles. The topological polar surface area (TPSA) is 29.5 Å². The second-order valence-electron chi connectivity index (χ2n) is 4.75. The predicted octanol–water partition coefficient (Wildman–Crippen LogP) is 1.28. The zero-order valence-corrected chi connectivity index (χ0v) is 9.65. The summed E-state index contributed by atoms with van der Waals surface area (Å²) in [6, 6.07) is 0. The molecule has 2 aliphatic rings. The van der Waals surface area contributed by atoms with Crippen molar-refractivity contribution in [3.8, 4) is 12.3 Å². The highest BCUT2D eigenvalue weighted by Gasteiger charge is 2.30. The van der Waals surface area contributed by atoms with Crippen LogP contribution in [-0.4, -0.2) is 37.1 Å². The van der Waals surface area contributed by atoms with Gasteiger partial charge in [-0.2, -0.15) is 0 Å². The molecule has 0 bridgehead atoms. The Kier molecular flexibility index (Phi) is 3.84. The molecule has 0 radical (unpaired) electrons. The minimum Gasteiger partial charge on any atom is -0.381 e. The molecule has 3 heteroatoms. The summed E-state index contributed by atoms with van der Waals surface area (Å²) >= 11 is 0. The molecule has 3 nitrogen and oxygen atoms in total. The van der Waals surface area contributed by atoms with Gasteiger partial charge in [0, 0.05) is 25.7 Å². The van der Waals surface area contributed by atoms with Crippen LogP contribution in [0.1, 0.15) is 25.7 Å². The molecular weight excluding hydrogens is 202 g/mol. The van der Waals surface area contributed by atoms with E-state index in [2.05, 4.69) is 5.92 Å². The van der Waals surface area contributed by atoms with Crippen molar-refractivity contribution in [2.24, 2.45) is 11.8 Å². The van der Waals surface area contributed by atoms with Crippen LogP contribution in [0.15, 0.2) is 0 Å². The zero-order valence-electron chi connectivity index (χ0n) is 9.65. The molecule has 0 aromatic heterocycles. The fourth-order valence-corrected chi connectivity index (χ4v) is 2.16. The summed E-state index contributed by atoms with van der Waals surface area (Å²) in [7, 11) is 0. The van der Waals surface area contributed by atoms with Gasteiger partial charge in [0.25, 0.3) is 0 Å². The van der Waals surface area contributed by atoms with Gasteiger partial charge in [0.1, 0.15) is 0 Å². The van der Waals surface area contributed by atoms with Gasteiger partial charge in [-0.3, -0.25) is 4.79 Å². The van der Waals surface area contributed by atoms with Crippen LogP contribution in [0, 0.1) is 24.2 Å². The van der Waals surface area contributed by atoms with Crippen LogP contribution in [0.2, 0.25) is 0 Å². The molecule has 0 N–H and O–H groups in total. The van der Waals surface area contributed by atoms with E-state index in [0.29, 0.717) is 25.7 Å². The number of terminal acetylenes is 1. The molecule has 2 fully saturated rings. The van der Waals surface area contributed by atoms with Gasteiger partial charge in [0.05, 0.1) is 6.54 Å². The van der Waals surface area contributed by atoms with E-state index in [1.54, 1.807) is 0 Å². The van der Waals surface area contributed by atoms with Gasteiger partial charge < -0.3 is 9.64 Å². The number of carbonyl (C=O) groups excluding carboxylic acids is 1. The Labute approximate surface area is 97.1 Å². The molecule has 0 spiro atoms. The molecule has 1 aliphatic heterocycles. The standard InChI is InChI=1S/C13H19NO2/c1-2-7-14(10-11-3-4-11)13(15)12-5-8-16-9-6-12/h1,11-12H,3-10H2. The van der Waals surface area contributed by atoms with Crippen LogP contribution in [0.5, 0.6) is 0 Å². The summed E-state index contributed by atoms with van der Waals surface area (Å²) in [6.07, 6.45) is 9.53. The number of nitrogens with zero attached hydrogens (tertiary/aromatic N) is 1. The van der Waals surface area contributed by atoms with E-state index in [9.17, 15) is 4.79 Å². The number of hydrogen-bond donors (Lipinski definition) is 0. The Morgan fingerprint density at radius 1 is 1.31 bits per heavy atom. The first-order chi connectivity index (χ1) is 7.81. The fourth-order valence-electron chi connectivity index (χ4n) is 2.16. The van der Waals surface area contributed by atoms with Gasteiger partial charge in [0.15, 0.2) is 0 Å². The molecule has 1 amide bonds. The predicted molar refractivity (Wildman–Crippen MR) is 61.7 cm³/mol. The summed E-state index contributed by atoms with van der Waals surface area (Å²) in [6.45, 7) is 2.75. The Hall–Kier alpha value is -1.01. The van der Waals surface area contributed by atoms with Crippen LogP contribution in [0.4, 0.5) is 0 Å². The van der Waals surface area contributed by atoms with E-state index in [1.165, 1.54) is 12.8 Å². The van der Waals surface area contributed by atoms with E-state index in [4.69, 9.17) is 11.2 Å². The summed E-state index contributed by atoms with van der Waals surface area (Å²) in [5.41, 5.74) is 0. The third-order valence-electron chi connectivity index (χ3n) is 3.34. The third kappa shape index (κ3) is 2.99. The Balaban J connectivity index is 1.89. The first-order valence-electron chi connectivity index (χ1n) is 6.11. The molecule has 1 saturated heterocycles. The Bertz CT molecular complexity index is 285. The van der Waals surface area contributed by atoms with E-state index in [0.717, 1.165) is 19.4 Å². The number of rotatable bonds is 4. The summed E-state index contributed by atoms with van der Waals surface area (Å²) in [5.74, 6) is 3.68. The number of hydrogen-bond acceptors (Lipinski definition) is 2. The van der Waals surface area contributed by atoms with E-state index < -0.39 is 0 Å². The van der Waals surface area contributed by atoms with Crippen molar-refractivity contribution in [3.63, 3.8) is 0 Å². The smallest absolute Gasteiger partial charge is 0.226 e. The molecule has 16 heavy (non-hydrogen) atoms. The summed E-state index contributed by atoms with van der Waals surface area (Å²) in [5, 5.41) is 0. The van der Waals surface area contributed by atoms with Crippen LogP contribution in [-0.2, 0) is 9.53 Å². The van der Waals surface area contributed by atoms with Crippen molar-refractivity contribution in [1.29, 1.82) is 0 Å². The van der Waals surface area contributed by atoms with Crippen molar-refractivity contribution in [2.75, 3.05) is 26.3 Å². The molecule has 0 aromatic carbocycles. The lowest BCUT2D eigenvalue weighted by Gasteiger charge is -2.28. The van der Waals surface area contributed by atoms with Gasteiger partial charge in [0.2, 0.25) is 5.91 Å². The number of amides is 1. The van der Waals surface area contributed by atoms with Gasteiger partial charge in [-0.15, -0.1) is 6.42 Å². The largest absolute Gasteiger partial charge is 0.381 e. The van der Waals surface area contributed by atoms with Gasteiger partial charge in [-0.25, -0.2) is 0 Å². The fraction of sp³-hybridized carbons (Fsp3) is 0.769. The molecule has 0 unspecified atom stereocenters. The number of carbonyl (C=O) groups is 1. The van der Waals surface area contributed by atoms with Crippen LogP contribution < -0.4 is 0 Å². The summed E-state index contributed by atoms with van der Waals surface area (Å²) in [4.78, 5) is 14.1. The van der Waals surface area contributed by atoms with Gasteiger partial charge in [-0.1, -0.05) is 5.92 Å².